The number of unbranched alkanes of at least 4 members (excludes halogenated alkanes) is 45. The number of carbonyl (C=O) groups is 3. The van der Waals surface area contributed by atoms with Gasteiger partial charge in [0.15, 0.2) is 6.10 Å². The maximum atomic E-state index is 13.0. The molecule has 0 radical (unpaired) electrons. The second-order valence-electron chi connectivity index (χ2n) is 24.1. The van der Waals surface area contributed by atoms with Gasteiger partial charge < -0.3 is 14.2 Å². The number of rotatable bonds is 66. The highest BCUT2D eigenvalue weighted by molar-refractivity contribution is 5.71. The van der Waals surface area contributed by atoms with Gasteiger partial charge >= 0.3 is 17.9 Å². The van der Waals surface area contributed by atoms with Gasteiger partial charge in [-0.1, -0.05) is 338 Å². The maximum absolute atomic E-state index is 13.0. The van der Waals surface area contributed by atoms with Gasteiger partial charge in [-0.25, -0.2) is 0 Å². The molecule has 0 spiro atoms. The first kappa shape index (κ1) is 78.1. The van der Waals surface area contributed by atoms with Gasteiger partial charge in [-0.15, -0.1) is 0 Å². The smallest absolute Gasteiger partial charge is 0.306 e. The summed E-state index contributed by atoms with van der Waals surface area (Å²) in [6, 6.07) is 0. The van der Waals surface area contributed by atoms with E-state index in [4.69, 9.17) is 14.2 Å². The molecule has 0 bridgehead atoms. The van der Waals surface area contributed by atoms with E-state index in [1.807, 2.05) is 0 Å². The minimum Gasteiger partial charge on any atom is -0.462 e. The Bertz CT molecular complexity index is 1440. The molecule has 0 aliphatic heterocycles. The van der Waals surface area contributed by atoms with E-state index in [0.717, 1.165) is 96.3 Å². The van der Waals surface area contributed by atoms with Crippen LogP contribution in [0.25, 0.3) is 0 Å². The van der Waals surface area contributed by atoms with Crippen LogP contribution in [0.4, 0.5) is 0 Å². The average Bonchev–Trinajstić information content (AvgIpc) is 3.47. The largest absolute Gasteiger partial charge is 0.462 e. The Labute approximate surface area is 504 Å². The van der Waals surface area contributed by atoms with Crippen molar-refractivity contribution < 1.29 is 28.6 Å². The zero-order valence-electron chi connectivity index (χ0n) is 54.3. The average molecular weight is 1130 g/mol. The first-order valence-electron chi connectivity index (χ1n) is 35.8. The summed E-state index contributed by atoms with van der Waals surface area (Å²) in [5.74, 6) is -0.869. The summed E-state index contributed by atoms with van der Waals surface area (Å²) in [5, 5.41) is 0. The van der Waals surface area contributed by atoms with Gasteiger partial charge in [0.2, 0.25) is 0 Å². The van der Waals surface area contributed by atoms with E-state index in [9.17, 15) is 14.4 Å². The molecule has 0 N–H and O–H groups in total. The molecular weight excluding hydrogens is 997 g/mol. The van der Waals surface area contributed by atoms with Crippen LogP contribution in [-0.2, 0) is 28.6 Å². The van der Waals surface area contributed by atoms with E-state index in [2.05, 4.69) is 81.5 Å². The number of hydrogen-bond donors (Lipinski definition) is 0. The predicted octanol–water partition coefficient (Wildman–Crippen LogP) is 24.7. The van der Waals surface area contributed by atoms with Crippen LogP contribution in [0, 0.1) is 0 Å². The van der Waals surface area contributed by atoms with Gasteiger partial charge in [0.25, 0.3) is 0 Å². The highest BCUT2D eigenvalue weighted by atomic mass is 16.6. The van der Waals surface area contributed by atoms with Crippen molar-refractivity contribution in [3.8, 4) is 0 Å². The van der Waals surface area contributed by atoms with Crippen molar-refractivity contribution in [1.29, 1.82) is 0 Å². The summed E-state index contributed by atoms with van der Waals surface area (Å²) in [4.78, 5) is 38.5. The number of carbonyl (C=O) groups excluding carboxylic acids is 3. The Balaban J connectivity index is 4.27. The van der Waals surface area contributed by atoms with Crippen LogP contribution in [0.1, 0.15) is 380 Å². The van der Waals surface area contributed by atoms with Gasteiger partial charge in [0, 0.05) is 19.3 Å². The lowest BCUT2D eigenvalue weighted by Gasteiger charge is -2.18. The van der Waals surface area contributed by atoms with Crippen molar-refractivity contribution in [2.75, 3.05) is 13.2 Å². The SMILES string of the molecule is CC/C=C\C/C=C\C/C=C\C/C=C\CCCCCCCCCCC(=O)OC(COC(=O)CCCCCCC/C=C\CCCCCCCC)COC(=O)CCCCCCCCCCCCCCCCCCCCCCCCCCCCC. The monoisotopic (exact) mass is 1130 g/mol. The van der Waals surface area contributed by atoms with Crippen LogP contribution in [0.3, 0.4) is 0 Å². The summed E-state index contributed by atoms with van der Waals surface area (Å²) in [7, 11) is 0. The van der Waals surface area contributed by atoms with Crippen LogP contribution in [0.5, 0.6) is 0 Å². The first-order chi connectivity index (χ1) is 40.0. The quantitative estimate of drug-likeness (QED) is 0.0261. The molecule has 1 unspecified atom stereocenters. The molecule has 0 aromatic carbocycles. The van der Waals surface area contributed by atoms with Crippen molar-refractivity contribution in [2.24, 2.45) is 0 Å². The molecule has 6 nitrogen and oxygen atoms in total. The van der Waals surface area contributed by atoms with E-state index in [-0.39, 0.29) is 31.1 Å². The molecule has 0 aromatic heterocycles. The Kier molecular flexibility index (Phi) is 67.1. The van der Waals surface area contributed by atoms with Crippen molar-refractivity contribution >= 4 is 17.9 Å². The van der Waals surface area contributed by atoms with Crippen molar-refractivity contribution in [1.82, 2.24) is 0 Å². The molecule has 0 saturated carbocycles. The van der Waals surface area contributed by atoms with Crippen LogP contribution in [-0.4, -0.2) is 37.2 Å². The summed E-state index contributed by atoms with van der Waals surface area (Å²) < 4.78 is 17.0. The number of hydrogen-bond acceptors (Lipinski definition) is 6. The third-order valence-corrected chi connectivity index (χ3v) is 16.0. The topological polar surface area (TPSA) is 78.9 Å². The molecule has 1 atom stereocenters. The molecule has 0 heterocycles. The highest BCUT2D eigenvalue weighted by Gasteiger charge is 2.19. The van der Waals surface area contributed by atoms with Crippen LogP contribution in [0.15, 0.2) is 60.8 Å². The zero-order valence-corrected chi connectivity index (χ0v) is 54.3. The molecule has 81 heavy (non-hydrogen) atoms. The lowest BCUT2D eigenvalue weighted by Crippen LogP contribution is -2.30. The van der Waals surface area contributed by atoms with Crippen molar-refractivity contribution in [2.45, 2.75) is 386 Å². The molecule has 0 aliphatic carbocycles. The van der Waals surface area contributed by atoms with Gasteiger partial charge in [0.1, 0.15) is 13.2 Å². The fourth-order valence-corrected chi connectivity index (χ4v) is 10.7. The normalized spacial score (nSPS) is 12.4. The minimum absolute atomic E-state index is 0.0763. The van der Waals surface area contributed by atoms with E-state index in [0.29, 0.717) is 19.3 Å². The third-order valence-electron chi connectivity index (χ3n) is 16.0. The summed E-state index contributed by atoms with van der Waals surface area (Å²) in [6.07, 6.45) is 89.7. The standard InChI is InChI=1S/C75H136O6/c1-4-7-10-13-16-19-22-25-28-30-32-34-35-36-37-38-39-41-42-44-47-50-53-56-59-62-65-68-74(77)80-71-72(70-79-73(76)67-64-61-58-55-52-49-46-27-24-21-18-15-12-9-6-3)81-75(78)69-66-63-60-57-54-51-48-45-43-40-33-31-29-26-23-20-17-14-11-8-5-2/h8,11,17,20,26-27,29,33,40,46,72H,4-7,9-10,12-16,18-19,21-25,28,30-32,34-39,41-45,47-71H2,1-3H3/b11-8-,20-17-,29-26-,40-33-,46-27-. The second kappa shape index (κ2) is 69.6. The minimum atomic E-state index is -0.782. The van der Waals surface area contributed by atoms with Gasteiger partial charge in [0.05, 0.1) is 0 Å². The van der Waals surface area contributed by atoms with Gasteiger partial charge in [-0.05, 0) is 83.5 Å². The molecular formula is C75H136O6. The summed E-state index contributed by atoms with van der Waals surface area (Å²) in [5.41, 5.74) is 0. The maximum Gasteiger partial charge on any atom is 0.306 e. The molecule has 0 aromatic rings. The van der Waals surface area contributed by atoms with E-state index in [1.54, 1.807) is 0 Å². The second-order valence-corrected chi connectivity index (χ2v) is 24.1. The van der Waals surface area contributed by atoms with Crippen LogP contribution >= 0.6 is 0 Å². The molecule has 0 aliphatic rings. The summed E-state index contributed by atoms with van der Waals surface area (Å²) >= 11 is 0. The van der Waals surface area contributed by atoms with Crippen molar-refractivity contribution in [3.05, 3.63) is 60.8 Å². The number of ether oxygens (including phenoxy) is 3. The number of esters is 3. The van der Waals surface area contributed by atoms with Crippen LogP contribution in [0.2, 0.25) is 0 Å². The zero-order chi connectivity index (χ0) is 58.5. The van der Waals surface area contributed by atoms with E-state index >= 15 is 0 Å². The van der Waals surface area contributed by atoms with Gasteiger partial charge in [-0.2, -0.15) is 0 Å². The Morgan fingerprint density at radius 1 is 0.259 bits per heavy atom. The van der Waals surface area contributed by atoms with Crippen LogP contribution < -0.4 is 0 Å². The fourth-order valence-electron chi connectivity index (χ4n) is 10.7. The predicted molar refractivity (Wildman–Crippen MR) is 353 cm³/mol. The highest BCUT2D eigenvalue weighted by Crippen LogP contribution is 2.18. The fraction of sp³-hybridized carbons (Fsp3) is 0.827. The number of allylic oxidation sites excluding steroid dienone is 10. The van der Waals surface area contributed by atoms with Gasteiger partial charge in [-0.3, -0.25) is 14.4 Å². The van der Waals surface area contributed by atoms with E-state index < -0.39 is 6.10 Å². The molecule has 0 amide bonds. The molecule has 472 valence electrons. The molecule has 0 saturated heterocycles. The van der Waals surface area contributed by atoms with Crippen molar-refractivity contribution in [3.63, 3.8) is 0 Å². The Morgan fingerprint density at radius 3 is 0.765 bits per heavy atom. The third kappa shape index (κ3) is 67.8. The Hall–Kier alpha value is -2.89. The lowest BCUT2D eigenvalue weighted by atomic mass is 10.0. The summed E-state index contributed by atoms with van der Waals surface area (Å²) in [6.45, 7) is 6.57. The molecule has 0 fully saturated rings. The first-order valence-corrected chi connectivity index (χ1v) is 35.8. The lowest BCUT2D eigenvalue weighted by molar-refractivity contribution is -0.167. The molecule has 6 heteroatoms. The van der Waals surface area contributed by atoms with E-state index in [1.165, 1.54) is 244 Å². The molecule has 0 rings (SSSR count). The Morgan fingerprint density at radius 2 is 0.481 bits per heavy atom.